The number of halogens is 3. The van der Waals surface area contributed by atoms with Crippen molar-refractivity contribution in [2.45, 2.75) is 49.6 Å². The molecule has 2 aliphatic heterocycles. The van der Waals surface area contributed by atoms with Gasteiger partial charge in [0.1, 0.15) is 5.01 Å². The third kappa shape index (κ3) is 4.73. The Morgan fingerprint density at radius 3 is 2.78 bits per heavy atom. The SMILES string of the molecule is CC1C(c2nccs2)SCN1SCCCN1CC[C@]2(C[C@@H]2c2ccc(C(F)(F)F)cc2)C1. The van der Waals surface area contributed by atoms with Crippen molar-refractivity contribution >= 4 is 35.0 Å². The van der Waals surface area contributed by atoms with E-state index in [9.17, 15) is 13.2 Å². The molecule has 0 bridgehead atoms. The van der Waals surface area contributed by atoms with Crippen molar-refractivity contribution in [3.8, 4) is 0 Å². The van der Waals surface area contributed by atoms with Crippen LogP contribution in [0.15, 0.2) is 35.8 Å². The number of alkyl halides is 3. The van der Waals surface area contributed by atoms with E-state index in [4.69, 9.17) is 0 Å². The first kappa shape index (κ1) is 23.0. The molecule has 2 aromatic rings. The van der Waals surface area contributed by atoms with E-state index in [-0.39, 0.29) is 0 Å². The van der Waals surface area contributed by atoms with E-state index in [1.807, 2.05) is 29.9 Å². The maximum absolute atomic E-state index is 12.8. The summed E-state index contributed by atoms with van der Waals surface area (Å²) in [6.45, 7) is 5.62. The summed E-state index contributed by atoms with van der Waals surface area (Å²) in [6.07, 6.45) is 1.09. The highest BCUT2D eigenvalue weighted by atomic mass is 32.2. The molecule has 1 aliphatic carbocycles. The third-order valence-corrected chi connectivity index (χ3v) is 11.0. The molecule has 0 amide bonds. The van der Waals surface area contributed by atoms with Crippen LogP contribution in [0.4, 0.5) is 13.2 Å². The van der Waals surface area contributed by atoms with Crippen LogP contribution in [0.25, 0.3) is 0 Å². The molecule has 3 fully saturated rings. The summed E-state index contributed by atoms with van der Waals surface area (Å²) >= 11 is 5.70. The highest BCUT2D eigenvalue weighted by molar-refractivity contribution is 8.02. The number of aromatic nitrogens is 1. The Labute approximate surface area is 200 Å². The van der Waals surface area contributed by atoms with E-state index in [0.717, 1.165) is 43.2 Å². The molecule has 5 rings (SSSR count). The third-order valence-electron chi connectivity index (χ3n) is 7.14. The minimum Gasteiger partial charge on any atom is -0.303 e. The molecule has 3 nitrogen and oxygen atoms in total. The van der Waals surface area contributed by atoms with Crippen molar-refractivity contribution < 1.29 is 13.2 Å². The van der Waals surface area contributed by atoms with Gasteiger partial charge in [-0.15, -0.1) is 23.1 Å². The van der Waals surface area contributed by atoms with Crippen molar-refractivity contribution in [2.24, 2.45) is 5.41 Å². The van der Waals surface area contributed by atoms with E-state index in [1.165, 1.54) is 30.0 Å². The Balaban J connectivity index is 1.04. The summed E-state index contributed by atoms with van der Waals surface area (Å²) < 4.78 is 41.0. The molecule has 4 atom stereocenters. The summed E-state index contributed by atoms with van der Waals surface area (Å²) in [7, 11) is 0. The van der Waals surface area contributed by atoms with Crippen molar-refractivity contribution in [1.82, 2.24) is 14.2 Å². The lowest BCUT2D eigenvalue weighted by atomic mass is 9.97. The fourth-order valence-electron chi connectivity index (χ4n) is 5.19. The zero-order valence-electron chi connectivity index (χ0n) is 18.1. The standard InChI is InChI=1S/C23H28F3N3S3/c1-16-20(21-27-8-12-30-21)31-15-29(16)32-11-2-9-28-10-7-22(14-28)13-19(22)17-3-5-18(6-4-17)23(24,25)26/h3-6,8,12,16,19-20H,2,7,9-11,13-15H2,1H3/t16?,19-,20?,22+/m1/s1. The number of nitrogens with zero attached hydrogens (tertiary/aromatic N) is 3. The number of hydrogen-bond donors (Lipinski definition) is 0. The number of benzene rings is 1. The van der Waals surface area contributed by atoms with Crippen LogP contribution in [0.5, 0.6) is 0 Å². The lowest BCUT2D eigenvalue weighted by molar-refractivity contribution is -0.137. The van der Waals surface area contributed by atoms with Crippen molar-refractivity contribution in [3.63, 3.8) is 0 Å². The molecule has 2 unspecified atom stereocenters. The zero-order chi connectivity index (χ0) is 22.3. The van der Waals surface area contributed by atoms with Gasteiger partial charge in [0, 0.05) is 29.9 Å². The summed E-state index contributed by atoms with van der Waals surface area (Å²) in [6, 6.07) is 6.36. The van der Waals surface area contributed by atoms with Gasteiger partial charge in [-0.2, -0.15) is 13.2 Å². The second-order valence-corrected chi connectivity index (χ2v) is 12.4. The largest absolute Gasteiger partial charge is 0.416 e. The van der Waals surface area contributed by atoms with E-state index >= 15 is 0 Å². The van der Waals surface area contributed by atoms with Gasteiger partial charge in [0.15, 0.2) is 0 Å². The second-order valence-electron chi connectivity index (χ2n) is 9.20. The van der Waals surface area contributed by atoms with Crippen LogP contribution in [0.2, 0.25) is 0 Å². The van der Waals surface area contributed by atoms with Crippen LogP contribution in [0, 0.1) is 5.41 Å². The fourth-order valence-corrected chi connectivity index (χ4v) is 8.85. The average molecular weight is 500 g/mol. The maximum Gasteiger partial charge on any atom is 0.416 e. The molecular weight excluding hydrogens is 471 g/mol. The van der Waals surface area contributed by atoms with E-state index < -0.39 is 11.7 Å². The molecule has 1 spiro atoms. The topological polar surface area (TPSA) is 19.4 Å². The van der Waals surface area contributed by atoms with Crippen molar-refractivity contribution in [3.05, 3.63) is 52.0 Å². The summed E-state index contributed by atoms with van der Waals surface area (Å²) in [5, 5.41) is 3.78. The number of hydrogen-bond acceptors (Lipinski definition) is 6. The molecule has 32 heavy (non-hydrogen) atoms. The summed E-state index contributed by atoms with van der Waals surface area (Å²) in [5.41, 5.74) is 0.824. The van der Waals surface area contributed by atoms with E-state index in [2.05, 4.69) is 26.5 Å². The quantitative estimate of drug-likeness (QED) is 0.318. The van der Waals surface area contributed by atoms with Gasteiger partial charge in [-0.05, 0) is 68.3 Å². The second kappa shape index (κ2) is 9.13. The van der Waals surface area contributed by atoms with Gasteiger partial charge in [0.25, 0.3) is 0 Å². The molecule has 1 aromatic carbocycles. The lowest BCUT2D eigenvalue weighted by Crippen LogP contribution is -2.25. The van der Waals surface area contributed by atoms with Crippen LogP contribution in [0.3, 0.4) is 0 Å². The van der Waals surface area contributed by atoms with Gasteiger partial charge < -0.3 is 4.90 Å². The van der Waals surface area contributed by atoms with E-state index in [0.29, 0.717) is 22.6 Å². The van der Waals surface area contributed by atoms with Crippen molar-refractivity contribution in [2.75, 3.05) is 31.3 Å². The average Bonchev–Trinajstić information content (AvgIpc) is 3.16. The van der Waals surface area contributed by atoms with Gasteiger partial charge in [-0.1, -0.05) is 24.1 Å². The Kier molecular flexibility index (Phi) is 6.57. The molecule has 9 heteroatoms. The first-order valence-corrected chi connectivity index (χ1v) is 14.0. The molecule has 0 N–H and O–H groups in total. The highest BCUT2D eigenvalue weighted by Gasteiger charge is 2.57. The van der Waals surface area contributed by atoms with Gasteiger partial charge in [0.2, 0.25) is 0 Å². The Bertz CT molecular complexity index is 905. The summed E-state index contributed by atoms with van der Waals surface area (Å²) in [4.78, 5) is 7.06. The van der Waals surface area contributed by atoms with Crippen LogP contribution < -0.4 is 0 Å². The Morgan fingerprint density at radius 2 is 2.06 bits per heavy atom. The first-order valence-electron chi connectivity index (χ1n) is 11.2. The lowest BCUT2D eigenvalue weighted by Gasteiger charge is -2.22. The van der Waals surface area contributed by atoms with Crippen LogP contribution in [-0.4, -0.2) is 51.5 Å². The minimum atomic E-state index is -4.25. The normalized spacial score (nSPS) is 31.1. The van der Waals surface area contributed by atoms with Gasteiger partial charge in [-0.25, -0.2) is 9.29 Å². The van der Waals surface area contributed by atoms with Gasteiger partial charge >= 0.3 is 6.18 Å². The minimum absolute atomic E-state index is 0.300. The Hall–Kier alpha value is -0.740. The van der Waals surface area contributed by atoms with Crippen LogP contribution in [0.1, 0.15) is 53.5 Å². The molecule has 1 aromatic heterocycles. The van der Waals surface area contributed by atoms with Crippen molar-refractivity contribution in [1.29, 1.82) is 0 Å². The summed E-state index contributed by atoms with van der Waals surface area (Å²) in [5.74, 6) is 2.60. The van der Waals surface area contributed by atoms with Gasteiger partial charge in [-0.3, -0.25) is 0 Å². The van der Waals surface area contributed by atoms with Crippen LogP contribution in [-0.2, 0) is 6.18 Å². The van der Waals surface area contributed by atoms with Gasteiger partial charge in [0.05, 0.1) is 16.7 Å². The smallest absolute Gasteiger partial charge is 0.303 e. The maximum atomic E-state index is 12.8. The molecule has 3 aliphatic rings. The van der Waals surface area contributed by atoms with E-state index in [1.54, 1.807) is 23.5 Å². The molecule has 2 saturated heterocycles. The highest BCUT2D eigenvalue weighted by Crippen LogP contribution is 2.64. The predicted molar refractivity (Wildman–Crippen MR) is 128 cm³/mol. The first-order chi connectivity index (χ1) is 15.4. The number of likely N-dealkylation sites (tertiary alicyclic amines) is 1. The number of thioether (sulfide) groups is 1. The number of thiazole rings is 1. The molecule has 3 heterocycles. The molecular formula is C23H28F3N3S3. The fraction of sp³-hybridized carbons (Fsp3) is 0.609. The predicted octanol–water partition coefficient (Wildman–Crippen LogP) is 6.52. The molecule has 174 valence electrons. The molecule has 1 saturated carbocycles. The monoisotopic (exact) mass is 499 g/mol. The van der Waals surface area contributed by atoms with Crippen LogP contribution >= 0.6 is 35.0 Å². The number of rotatable bonds is 7. The molecule has 0 radical (unpaired) electrons. The zero-order valence-corrected chi connectivity index (χ0v) is 20.5. The Morgan fingerprint density at radius 1 is 1.25 bits per heavy atom.